The topological polar surface area (TPSA) is 98.2 Å². The van der Waals surface area contributed by atoms with Crippen molar-refractivity contribution >= 4 is 23.8 Å². The Bertz CT molecular complexity index is 438. The zero-order valence-corrected chi connectivity index (χ0v) is 12.4. The van der Waals surface area contributed by atoms with Crippen LogP contribution in [0.5, 0.6) is 0 Å². The van der Waals surface area contributed by atoms with E-state index in [0.717, 1.165) is 4.90 Å². The summed E-state index contributed by atoms with van der Waals surface area (Å²) < 4.78 is 0. The van der Waals surface area contributed by atoms with Gasteiger partial charge in [0.1, 0.15) is 13.1 Å². The summed E-state index contributed by atoms with van der Waals surface area (Å²) in [7, 11) is 1.54. The third-order valence-electron chi connectivity index (χ3n) is 3.18. The van der Waals surface area contributed by atoms with E-state index in [0.29, 0.717) is 19.4 Å². The number of likely N-dealkylation sites (N-methyl/N-ethyl adjacent to an activating group) is 1. The molecule has 0 spiro atoms. The summed E-state index contributed by atoms with van der Waals surface area (Å²) in [5.74, 6) is -1.60. The summed E-state index contributed by atoms with van der Waals surface area (Å²) >= 11 is 0. The average Bonchev–Trinajstić information content (AvgIpc) is 2.64. The molecule has 1 aliphatic heterocycles. The van der Waals surface area contributed by atoms with Gasteiger partial charge in [-0.25, -0.2) is 4.79 Å². The van der Waals surface area contributed by atoms with Crippen LogP contribution in [-0.4, -0.2) is 76.8 Å². The number of aliphatic carboxylic acids is 1. The van der Waals surface area contributed by atoms with Crippen molar-refractivity contribution in [3.63, 3.8) is 0 Å². The molecule has 0 atom stereocenters. The number of nitrogens with zero attached hydrogens (tertiary/aromatic N) is 3. The van der Waals surface area contributed by atoms with Crippen molar-refractivity contribution in [3.05, 3.63) is 0 Å². The highest BCUT2D eigenvalue weighted by Crippen LogP contribution is 2.10. The van der Waals surface area contributed by atoms with Crippen LogP contribution in [0, 0.1) is 0 Å². The summed E-state index contributed by atoms with van der Waals surface area (Å²) in [6.07, 6.45) is 1.13. The Kier molecular flexibility index (Phi) is 6.13. The van der Waals surface area contributed by atoms with E-state index < -0.39 is 5.97 Å². The number of hydrogen-bond donors (Lipinski definition) is 1. The van der Waals surface area contributed by atoms with Crippen LogP contribution in [0.4, 0.5) is 4.79 Å². The van der Waals surface area contributed by atoms with E-state index in [9.17, 15) is 19.2 Å². The number of urea groups is 1. The maximum atomic E-state index is 11.9. The Morgan fingerprint density at radius 1 is 1.33 bits per heavy atom. The number of imide groups is 1. The van der Waals surface area contributed by atoms with E-state index in [1.54, 1.807) is 7.05 Å². The van der Waals surface area contributed by atoms with E-state index >= 15 is 0 Å². The number of carboxylic acids is 1. The lowest BCUT2D eigenvalue weighted by atomic mass is 10.2. The molecule has 8 nitrogen and oxygen atoms in total. The Morgan fingerprint density at radius 3 is 2.48 bits per heavy atom. The first kappa shape index (κ1) is 16.9. The average molecular weight is 299 g/mol. The van der Waals surface area contributed by atoms with Crippen molar-refractivity contribution in [2.75, 3.05) is 33.2 Å². The summed E-state index contributed by atoms with van der Waals surface area (Å²) in [5, 5.41) is 8.76. The second-order valence-corrected chi connectivity index (χ2v) is 5.00. The monoisotopic (exact) mass is 299 g/mol. The molecular formula is C13H21N3O5. The molecule has 1 aliphatic rings. The van der Waals surface area contributed by atoms with Crippen LogP contribution >= 0.6 is 0 Å². The predicted octanol–water partition coefficient (Wildman–Crippen LogP) is -0.0162. The number of carbonyl (C=O) groups excluding carboxylic acids is 3. The highest BCUT2D eigenvalue weighted by atomic mass is 16.4. The zero-order chi connectivity index (χ0) is 16.0. The molecule has 0 aromatic heterocycles. The molecule has 1 rings (SSSR count). The van der Waals surface area contributed by atoms with Gasteiger partial charge >= 0.3 is 12.0 Å². The van der Waals surface area contributed by atoms with E-state index in [2.05, 4.69) is 0 Å². The van der Waals surface area contributed by atoms with Gasteiger partial charge in [-0.15, -0.1) is 0 Å². The molecule has 1 heterocycles. The van der Waals surface area contributed by atoms with Gasteiger partial charge in [-0.05, 0) is 12.8 Å². The third-order valence-corrected chi connectivity index (χ3v) is 3.18. The fraction of sp³-hybridized carbons (Fsp3) is 0.692. The summed E-state index contributed by atoms with van der Waals surface area (Å²) in [5.41, 5.74) is 0. The second-order valence-electron chi connectivity index (χ2n) is 5.00. The number of carboxylic acid groups (broad SMARTS) is 1. The molecule has 0 aliphatic carbocycles. The van der Waals surface area contributed by atoms with Crippen molar-refractivity contribution in [1.29, 1.82) is 0 Å². The van der Waals surface area contributed by atoms with Crippen LogP contribution in [0.2, 0.25) is 0 Å². The number of hydrogen-bond acceptors (Lipinski definition) is 4. The van der Waals surface area contributed by atoms with Gasteiger partial charge in [0.05, 0.1) is 0 Å². The molecule has 0 aromatic rings. The molecular weight excluding hydrogens is 278 g/mol. The molecule has 0 bridgehead atoms. The highest BCUT2D eigenvalue weighted by molar-refractivity contribution is 6.01. The predicted molar refractivity (Wildman–Crippen MR) is 73.5 cm³/mol. The maximum Gasteiger partial charge on any atom is 0.326 e. The second kappa shape index (κ2) is 7.61. The van der Waals surface area contributed by atoms with Gasteiger partial charge in [0.25, 0.3) is 0 Å². The minimum Gasteiger partial charge on any atom is -0.480 e. The largest absolute Gasteiger partial charge is 0.480 e. The lowest BCUT2D eigenvalue weighted by Crippen LogP contribution is -2.37. The normalized spacial score (nSPS) is 14.8. The number of rotatable bonds is 8. The standard InChI is InChI=1S/C13H21N3O5/c1-3-6-15(9-12(19)20)10(17)5-4-7-16-11(18)8-14(2)13(16)21/h3-9H2,1-2H3,(H,19,20). The summed E-state index contributed by atoms with van der Waals surface area (Å²) in [6, 6.07) is -0.358. The van der Waals surface area contributed by atoms with Crippen molar-refractivity contribution in [1.82, 2.24) is 14.7 Å². The molecule has 1 saturated heterocycles. The van der Waals surface area contributed by atoms with Crippen LogP contribution in [0.15, 0.2) is 0 Å². The molecule has 0 aromatic carbocycles. The fourth-order valence-electron chi connectivity index (χ4n) is 2.16. The van der Waals surface area contributed by atoms with Gasteiger partial charge in [0.15, 0.2) is 0 Å². The van der Waals surface area contributed by atoms with Gasteiger partial charge in [0.2, 0.25) is 11.8 Å². The van der Waals surface area contributed by atoms with Crippen molar-refractivity contribution in [2.24, 2.45) is 0 Å². The van der Waals surface area contributed by atoms with E-state index in [-0.39, 0.29) is 43.9 Å². The smallest absolute Gasteiger partial charge is 0.326 e. The lowest BCUT2D eigenvalue weighted by Gasteiger charge is -2.20. The molecule has 1 fully saturated rings. The highest BCUT2D eigenvalue weighted by Gasteiger charge is 2.33. The van der Waals surface area contributed by atoms with Gasteiger partial charge in [-0.1, -0.05) is 6.92 Å². The van der Waals surface area contributed by atoms with E-state index in [1.165, 1.54) is 9.80 Å². The molecule has 0 radical (unpaired) electrons. The number of carbonyl (C=O) groups is 4. The number of amides is 4. The third kappa shape index (κ3) is 4.73. The molecule has 118 valence electrons. The molecule has 8 heteroatoms. The summed E-state index contributed by atoms with van der Waals surface area (Å²) in [6.45, 7) is 2.17. The molecule has 0 unspecified atom stereocenters. The minimum absolute atomic E-state index is 0.0632. The Morgan fingerprint density at radius 2 is 2.00 bits per heavy atom. The molecule has 4 amide bonds. The minimum atomic E-state index is -1.05. The van der Waals surface area contributed by atoms with E-state index in [4.69, 9.17) is 5.11 Å². The Labute approximate surface area is 123 Å². The van der Waals surface area contributed by atoms with Crippen LogP contribution < -0.4 is 0 Å². The van der Waals surface area contributed by atoms with Crippen molar-refractivity contribution in [3.8, 4) is 0 Å². The molecule has 1 N–H and O–H groups in total. The lowest BCUT2D eigenvalue weighted by molar-refractivity contribution is -0.144. The van der Waals surface area contributed by atoms with Crippen molar-refractivity contribution < 1.29 is 24.3 Å². The first-order valence-electron chi connectivity index (χ1n) is 6.91. The van der Waals surface area contributed by atoms with Gasteiger partial charge in [-0.3, -0.25) is 19.3 Å². The van der Waals surface area contributed by atoms with Crippen LogP contribution in [0.1, 0.15) is 26.2 Å². The first-order valence-corrected chi connectivity index (χ1v) is 6.91. The van der Waals surface area contributed by atoms with Crippen molar-refractivity contribution in [2.45, 2.75) is 26.2 Å². The Balaban J connectivity index is 2.43. The quantitative estimate of drug-likeness (QED) is 0.635. The fourth-order valence-corrected chi connectivity index (χ4v) is 2.16. The SMILES string of the molecule is CCCN(CC(=O)O)C(=O)CCCN1C(=O)CN(C)C1=O. The Hall–Kier alpha value is -2.12. The van der Waals surface area contributed by atoms with Crippen LogP contribution in [-0.2, 0) is 14.4 Å². The first-order chi connectivity index (χ1) is 9.86. The zero-order valence-electron chi connectivity index (χ0n) is 12.4. The summed E-state index contributed by atoms with van der Waals surface area (Å²) in [4.78, 5) is 49.5. The van der Waals surface area contributed by atoms with Gasteiger partial charge < -0.3 is 14.9 Å². The van der Waals surface area contributed by atoms with Crippen LogP contribution in [0.25, 0.3) is 0 Å². The molecule has 21 heavy (non-hydrogen) atoms. The van der Waals surface area contributed by atoms with Crippen LogP contribution in [0.3, 0.4) is 0 Å². The van der Waals surface area contributed by atoms with Gasteiger partial charge in [0, 0.05) is 26.6 Å². The maximum absolute atomic E-state index is 11.9. The van der Waals surface area contributed by atoms with E-state index in [1.807, 2.05) is 6.92 Å². The van der Waals surface area contributed by atoms with Gasteiger partial charge in [-0.2, -0.15) is 0 Å². The molecule has 0 saturated carbocycles.